The average Bonchev–Trinajstić information content (AvgIpc) is 3.12. The predicted octanol–water partition coefficient (Wildman–Crippen LogP) is 4.74. The fraction of sp³-hybridized carbons (Fsp3) is 0.304. The molecule has 9 heteroatoms. The molecule has 0 aliphatic rings. The molecule has 3 aromatic rings. The van der Waals surface area contributed by atoms with Gasteiger partial charge in [-0.05, 0) is 85.7 Å². The third-order valence-corrected chi connectivity index (χ3v) is 6.45. The molecule has 7 nitrogen and oxygen atoms in total. The van der Waals surface area contributed by atoms with Gasteiger partial charge in [-0.3, -0.25) is 9.59 Å². The first-order valence-corrected chi connectivity index (χ1v) is 12.3. The molecule has 0 fully saturated rings. The zero-order chi connectivity index (χ0) is 23.3. The summed E-state index contributed by atoms with van der Waals surface area (Å²) in [7, 11) is 0. The van der Waals surface area contributed by atoms with Crippen molar-refractivity contribution in [2.24, 2.45) is 0 Å². The number of nitrogens with one attached hydrogen (secondary N) is 2. The fourth-order valence-electron chi connectivity index (χ4n) is 3.27. The summed E-state index contributed by atoms with van der Waals surface area (Å²) in [6, 6.07) is 11.7. The molecule has 168 valence electrons. The van der Waals surface area contributed by atoms with Gasteiger partial charge in [-0.2, -0.15) is 0 Å². The first-order chi connectivity index (χ1) is 15.3. The number of rotatable bonds is 8. The smallest absolute Gasteiger partial charge is 0.234 e. The van der Waals surface area contributed by atoms with Crippen LogP contribution in [-0.4, -0.2) is 32.3 Å². The minimum Gasteiger partial charge on any atom is -0.326 e. The van der Waals surface area contributed by atoms with Crippen LogP contribution in [0.4, 0.5) is 11.4 Å². The number of halogens is 1. The third-order valence-electron chi connectivity index (χ3n) is 4.86. The van der Waals surface area contributed by atoms with Gasteiger partial charge in [-0.15, -0.1) is 10.2 Å². The zero-order valence-electron chi connectivity index (χ0n) is 18.5. The maximum atomic E-state index is 12.5. The van der Waals surface area contributed by atoms with Crippen LogP contribution >= 0.6 is 34.4 Å². The molecule has 2 aromatic carbocycles. The fourth-order valence-corrected chi connectivity index (χ4v) is 5.03. The Morgan fingerprint density at radius 2 is 1.66 bits per heavy atom. The standard InChI is InChI=1S/C23H26IN5O2S/c1-5-29-19(12-20(30)25-18-8-6-14(2)7-9-18)27-28-23(29)32-13-21(31)26-22-15(3)10-17(24)11-16(22)4/h6-11H,5,12-13H2,1-4H3,(H,25,30)(H,26,31). The third kappa shape index (κ3) is 6.32. The van der Waals surface area contributed by atoms with Crippen molar-refractivity contribution in [3.05, 3.63) is 62.5 Å². The van der Waals surface area contributed by atoms with Crippen LogP contribution < -0.4 is 10.6 Å². The van der Waals surface area contributed by atoms with Crippen molar-refractivity contribution >= 4 is 57.5 Å². The molecule has 0 aliphatic carbocycles. The molecular formula is C23H26IN5O2S. The van der Waals surface area contributed by atoms with E-state index in [9.17, 15) is 9.59 Å². The molecule has 1 heterocycles. The van der Waals surface area contributed by atoms with Crippen molar-refractivity contribution in [2.75, 3.05) is 16.4 Å². The SMILES string of the molecule is CCn1c(CC(=O)Nc2ccc(C)cc2)nnc1SCC(=O)Nc1c(C)cc(I)cc1C. The highest BCUT2D eigenvalue weighted by atomic mass is 127. The van der Waals surface area contributed by atoms with Crippen LogP contribution in [0.5, 0.6) is 0 Å². The summed E-state index contributed by atoms with van der Waals surface area (Å²) in [5.74, 6) is 0.518. The number of aromatic nitrogens is 3. The molecule has 0 spiro atoms. The highest BCUT2D eigenvalue weighted by Gasteiger charge is 2.17. The minimum atomic E-state index is -0.157. The number of hydrogen-bond donors (Lipinski definition) is 2. The van der Waals surface area contributed by atoms with E-state index in [1.807, 2.05) is 68.7 Å². The molecule has 2 amide bonds. The van der Waals surface area contributed by atoms with E-state index in [1.54, 1.807) is 0 Å². The summed E-state index contributed by atoms with van der Waals surface area (Å²) in [6.45, 7) is 8.54. The van der Waals surface area contributed by atoms with Gasteiger partial charge in [0.15, 0.2) is 5.16 Å². The molecule has 0 saturated carbocycles. The number of carbonyl (C=O) groups excluding carboxylic acids is 2. The largest absolute Gasteiger partial charge is 0.326 e. The van der Waals surface area contributed by atoms with E-state index in [1.165, 1.54) is 11.8 Å². The average molecular weight is 563 g/mol. The maximum absolute atomic E-state index is 12.5. The van der Waals surface area contributed by atoms with Crippen LogP contribution in [0.1, 0.15) is 29.4 Å². The molecule has 3 rings (SSSR count). The summed E-state index contributed by atoms with van der Waals surface area (Å²) < 4.78 is 3.01. The summed E-state index contributed by atoms with van der Waals surface area (Å²) in [4.78, 5) is 25.0. The van der Waals surface area contributed by atoms with Gasteiger partial charge in [0.05, 0.1) is 12.2 Å². The topological polar surface area (TPSA) is 88.9 Å². The number of amides is 2. The van der Waals surface area contributed by atoms with E-state index in [4.69, 9.17) is 0 Å². The summed E-state index contributed by atoms with van der Waals surface area (Å²) in [6.07, 6.45) is 0.114. The van der Waals surface area contributed by atoms with Gasteiger partial charge in [0.1, 0.15) is 5.82 Å². The molecule has 1 aromatic heterocycles. The van der Waals surface area contributed by atoms with Crippen LogP contribution in [-0.2, 0) is 22.6 Å². The molecular weight excluding hydrogens is 537 g/mol. The minimum absolute atomic E-state index is 0.105. The number of thioether (sulfide) groups is 1. The van der Waals surface area contributed by atoms with Crippen molar-refractivity contribution in [3.63, 3.8) is 0 Å². The Bertz CT molecular complexity index is 1100. The molecule has 0 aliphatic heterocycles. The maximum Gasteiger partial charge on any atom is 0.234 e. The number of aryl methyl sites for hydroxylation is 3. The van der Waals surface area contributed by atoms with Crippen molar-refractivity contribution in [2.45, 2.75) is 45.8 Å². The lowest BCUT2D eigenvalue weighted by Gasteiger charge is -2.12. The van der Waals surface area contributed by atoms with Gasteiger partial charge in [-0.25, -0.2) is 0 Å². The second-order valence-corrected chi connectivity index (χ2v) is 9.67. The first kappa shape index (κ1) is 24.2. The van der Waals surface area contributed by atoms with Gasteiger partial charge < -0.3 is 15.2 Å². The van der Waals surface area contributed by atoms with Crippen LogP contribution in [0.3, 0.4) is 0 Å². The number of benzene rings is 2. The molecule has 0 unspecified atom stereocenters. The lowest BCUT2D eigenvalue weighted by Crippen LogP contribution is -2.18. The quantitative estimate of drug-likeness (QED) is 0.306. The van der Waals surface area contributed by atoms with Gasteiger partial charge in [0, 0.05) is 21.5 Å². The molecule has 0 radical (unpaired) electrons. The van der Waals surface area contributed by atoms with Crippen LogP contribution in [0.15, 0.2) is 41.6 Å². The normalized spacial score (nSPS) is 10.8. The summed E-state index contributed by atoms with van der Waals surface area (Å²) in [5.41, 5.74) is 4.79. The van der Waals surface area contributed by atoms with Crippen molar-refractivity contribution in [1.82, 2.24) is 14.8 Å². The monoisotopic (exact) mass is 563 g/mol. The van der Waals surface area contributed by atoms with E-state index >= 15 is 0 Å². The lowest BCUT2D eigenvalue weighted by molar-refractivity contribution is -0.116. The highest BCUT2D eigenvalue weighted by Crippen LogP contribution is 2.24. The Morgan fingerprint density at radius 1 is 1.00 bits per heavy atom. The zero-order valence-corrected chi connectivity index (χ0v) is 21.5. The van der Waals surface area contributed by atoms with E-state index in [2.05, 4.69) is 43.4 Å². The van der Waals surface area contributed by atoms with E-state index in [0.29, 0.717) is 17.5 Å². The second-order valence-electron chi connectivity index (χ2n) is 7.49. The van der Waals surface area contributed by atoms with Gasteiger partial charge >= 0.3 is 0 Å². The lowest BCUT2D eigenvalue weighted by atomic mass is 10.1. The highest BCUT2D eigenvalue weighted by molar-refractivity contribution is 14.1. The molecule has 0 bridgehead atoms. The van der Waals surface area contributed by atoms with Crippen molar-refractivity contribution < 1.29 is 9.59 Å². The number of anilines is 2. The molecule has 32 heavy (non-hydrogen) atoms. The Hall–Kier alpha value is -2.40. The van der Waals surface area contributed by atoms with E-state index in [0.717, 1.165) is 31.6 Å². The van der Waals surface area contributed by atoms with E-state index in [-0.39, 0.29) is 24.0 Å². The number of hydrogen-bond acceptors (Lipinski definition) is 5. The Balaban J connectivity index is 1.60. The Labute approximate surface area is 205 Å². The number of nitrogens with zero attached hydrogens (tertiary/aromatic N) is 3. The predicted molar refractivity (Wildman–Crippen MR) is 137 cm³/mol. The summed E-state index contributed by atoms with van der Waals surface area (Å²) in [5, 5.41) is 14.9. The summed E-state index contributed by atoms with van der Waals surface area (Å²) >= 11 is 3.58. The van der Waals surface area contributed by atoms with Crippen LogP contribution in [0, 0.1) is 24.3 Å². The van der Waals surface area contributed by atoms with Gasteiger partial charge in [0.2, 0.25) is 11.8 Å². The molecule has 0 saturated heterocycles. The van der Waals surface area contributed by atoms with Crippen molar-refractivity contribution in [3.8, 4) is 0 Å². The molecule has 2 N–H and O–H groups in total. The first-order valence-electron chi connectivity index (χ1n) is 10.2. The van der Waals surface area contributed by atoms with Crippen LogP contribution in [0.25, 0.3) is 0 Å². The Morgan fingerprint density at radius 3 is 2.28 bits per heavy atom. The van der Waals surface area contributed by atoms with E-state index < -0.39 is 0 Å². The van der Waals surface area contributed by atoms with Crippen molar-refractivity contribution in [1.29, 1.82) is 0 Å². The molecule has 0 atom stereocenters. The van der Waals surface area contributed by atoms with Crippen LogP contribution in [0.2, 0.25) is 0 Å². The second kappa shape index (κ2) is 11.0. The Kier molecular flexibility index (Phi) is 8.30. The number of carbonyl (C=O) groups is 2. The van der Waals surface area contributed by atoms with Gasteiger partial charge in [-0.1, -0.05) is 29.5 Å². The van der Waals surface area contributed by atoms with Gasteiger partial charge in [0.25, 0.3) is 0 Å².